The fourth-order valence-corrected chi connectivity index (χ4v) is 8.53. The molecule has 6 aromatic carbocycles. The van der Waals surface area contributed by atoms with E-state index in [2.05, 4.69) is 98.8 Å². The number of para-hydroxylation sites is 1. The van der Waals surface area contributed by atoms with Gasteiger partial charge < -0.3 is 9.47 Å². The Morgan fingerprint density at radius 2 is 1.25 bits per heavy atom. The van der Waals surface area contributed by atoms with E-state index in [9.17, 15) is 0 Å². The zero-order valence-corrected chi connectivity index (χ0v) is 27.1. The molecule has 8 aromatic rings. The summed E-state index contributed by atoms with van der Waals surface area (Å²) in [5, 5.41) is 2.54. The Balaban J connectivity index is 1.13. The van der Waals surface area contributed by atoms with Crippen LogP contribution in [-0.2, 0) is 5.41 Å². The largest absolute Gasteiger partial charge is 0.449 e. The van der Waals surface area contributed by atoms with Crippen molar-refractivity contribution in [2.24, 2.45) is 0 Å². The lowest BCUT2D eigenvalue weighted by Crippen LogP contribution is -2.15. The van der Waals surface area contributed by atoms with E-state index in [1.807, 2.05) is 59.9 Å². The summed E-state index contributed by atoms with van der Waals surface area (Å²) in [7, 11) is 0. The molecule has 0 unspecified atom stereocenters. The third kappa shape index (κ3) is 4.01. The zero-order valence-electron chi connectivity index (χ0n) is 26.3. The number of nitrogens with zero attached hydrogens (tertiary/aromatic N) is 2. The average Bonchev–Trinajstić information content (AvgIpc) is 3.62. The lowest BCUT2D eigenvalue weighted by atomic mass is 9.82. The summed E-state index contributed by atoms with van der Waals surface area (Å²) in [6.45, 7) is 4.55. The highest BCUT2D eigenvalue weighted by Gasteiger charge is 2.39. The van der Waals surface area contributed by atoms with Crippen molar-refractivity contribution in [3.05, 3.63) is 145 Å². The van der Waals surface area contributed by atoms with Crippen molar-refractivity contribution in [2.45, 2.75) is 19.3 Å². The number of ether oxygens (including phenoxy) is 2. The molecule has 1 aliphatic heterocycles. The van der Waals surface area contributed by atoms with Gasteiger partial charge in [-0.25, -0.2) is 9.97 Å². The van der Waals surface area contributed by atoms with E-state index < -0.39 is 0 Å². The predicted octanol–water partition coefficient (Wildman–Crippen LogP) is 12.0. The van der Waals surface area contributed by atoms with Gasteiger partial charge in [-0.2, -0.15) is 0 Å². The van der Waals surface area contributed by atoms with E-state index in [1.54, 1.807) is 0 Å². The summed E-state index contributed by atoms with van der Waals surface area (Å²) in [5.41, 5.74) is 9.18. The first-order valence-electron chi connectivity index (χ1n) is 16.2. The number of aromatic nitrogens is 2. The Labute approximate surface area is 281 Å². The second kappa shape index (κ2) is 10.1. The third-order valence-electron chi connectivity index (χ3n) is 9.78. The summed E-state index contributed by atoms with van der Waals surface area (Å²) in [5.74, 6) is 3.45. The fourth-order valence-electron chi connectivity index (χ4n) is 7.38. The Morgan fingerprint density at radius 1 is 0.521 bits per heavy atom. The third-order valence-corrected chi connectivity index (χ3v) is 10.9. The first-order chi connectivity index (χ1) is 23.5. The molecule has 10 rings (SSSR count). The number of hydrogen-bond donors (Lipinski definition) is 0. The minimum absolute atomic E-state index is 0.128. The van der Waals surface area contributed by atoms with Crippen molar-refractivity contribution in [3.8, 4) is 68.0 Å². The van der Waals surface area contributed by atoms with Crippen LogP contribution in [0.25, 0.3) is 65.2 Å². The molecule has 0 atom stereocenters. The number of thiophene rings is 1. The lowest BCUT2D eigenvalue weighted by molar-refractivity contribution is 0.361. The maximum Gasteiger partial charge on any atom is 0.179 e. The molecule has 3 heterocycles. The fraction of sp³-hybridized carbons (Fsp3) is 0.0698. The summed E-state index contributed by atoms with van der Waals surface area (Å²) < 4.78 is 16.1. The van der Waals surface area contributed by atoms with Crippen molar-refractivity contribution in [1.82, 2.24) is 9.97 Å². The van der Waals surface area contributed by atoms with Crippen LogP contribution in [-0.4, -0.2) is 9.97 Å². The minimum atomic E-state index is -0.128. The molecular formula is C43H28N2O2S. The maximum absolute atomic E-state index is 6.77. The van der Waals surface area contributed by atoms with E-state index in [0.717, 1.165) is 39.4 Å². The van der Waals surface area contributed by atoms with Gasteiger partial charge in [0.05, 0.1) is 11.4 Å². The van der Waals surface area contributed by atoms with E-state index >= 15 is 0 Å². The van der Waals surface area contributed by atoms with Crippen LogP contribution in [0.3, 0.4) is 0 Å². The van der Waals surface area contributed by atoms with Gasteiger partial charge in [0.25, 0.3) is 0 Å². The number of hydrogen-bond acceptors (Lipinski definition) is 5. The van der Waals surface area contributed by atoms with Crippen LogP contribution in [0.1, 0.15) is 25.0 Å². The van der Waals surface area contributed by atoms with Gasteiger partial charge in [0, 0.05) is 47.8 Å². The molecule has 2 aromatic heterocycles. The summed E-state index contributed by atoms with van der Waals surface area (Å²) in [6, 6.07) is 46.3. The molecule has 4 nitrogen and oxygen atoms in total. The Hall–Kier alpha value is -5.78. The highest BCUT2D eigenvalue weighted by atomic mass is 32.1. The molecule has 5 heteroatoms. The molecule has 2 aliphatic rings. The lowest BCUT2D eigenvalue weighted by Gasteiger charge is -2.26. The second-order valence-electron chi connectivity index (χ2n) is 13.0. The molecule has 0 spiro atoms. The standard InChI is InChI=1S/C43H28N2O2S/c1-43(2)31-16-8-6-14-29(31)39-32(43)21-22-36-41(39)47-35-17-10-15-30(40(35)46-36)34-24-33(44-42(45-34)25-11-4-3-5-12-25)26-19-20-28-27-13-7-9-18-37(27)48-38(28)23-26/h3-24H,1-2H3. The molecule has 228 valence electrons. The van der Waals surface area contributed by atoms with Crippen LogP contribution in [0.4, 0.5) is 0 Å². The van der Waals surface area contributed by atoms with Gasteiger partial charge in [-0.1, -0.05) is 111 Å². The molecule has 0 saturated heterocycles. The molecule has 0 bridgehead atoms. The summed E-state index contributed by atoms with van der Waals surface area (Å²) in [6.07, 6.45) is 0. The van der Waals surface area contributed by atoms with Crippen molar-refractivity contribution in [1.29, 1.82) is 0 Å². The van der Waals surface area contributed by atoms with Gasteiger partial charge in [0.15, 0.2) is 28.8 Å². The van der Waals surface area contributed by atoms with E-state index in [0.29, 0.717) is 23.1 Å². The molecule has 1 aliphatic carbocycles. The monoisotopic (exact) mass is 636 g/mol. The zero-order chi connectivity index (χ0) is 32.0. The molecule has 48 heavy (non-hydrogen) atoms. The first kappa shape index (κ1) is 27.3. The summed E-state index contributed by atoms with van der Waals surface area (Å²) in [4.78, 5) is 10.2. The predicted molar refractivity (Wildman–Crippen MR) is 195 cm³/mol. The topological polar surface area (TPSA) is 44.2 Å². The highest BCUT2D eigenvalue weighted by molar-refractivity contribution is 7.25. The van der Waals surface area contributed by atoms with Gasteiger partial charge in [0.1, 0.15) is 0 Å². The average molecular weight is 637 g/mol. The van der Waals surface area contributed by atoms with Gasteiger partial charge in [0.2, 0.25) is 0 Å². The van der Waals surface area contributed by atoms with Crippen LogP contribution in [0.5, 0.6) is 23.0 Å². The Kier molecular flexibility index (Phi) is 5.76. The van der Waals surface area contributed by atoms with Gasteiger partial charge in [-0.05, 0) is 53.1 Å². The van der Waals surface area contributed by atoms with Crippen LogP contribution in [0, 0.1) is 0 Å². The number of rotatable bonds is 3. The molecular weight excluding hydrogens is 609 g/mol. The van der Waals surface area contributed by atoms with Crippen molar-refractivity contribution < 1.29 is 9.47 Å². The van der Waals surface area contributed by atoms with E-state index in [1.165, 1.54) is 36.9 Å². The minimum Gasteiger partial charge on any atom is -0.449 e. The first-order valence-corrected chi connectivity index (χ1v) is 17.0. The maximum atomic E-state index is 6.77. The SMILES string of the molecule is CC1(C)c2ccccc2-c2c1ccc1c2Oc2cccc(-c3cc(-c4ccc5c(c4)sc4ccccc45)nc(-c4ccccc4)n3)c2O1. The van der Waals surface area contributed by atoms with Gasteiger partial charge >= 0.3 is 0 Å². The highest BCUT2D eigenvalue weighted by Crippen LogP contribution is 2.59. The Morgan fingerprint density at radius 3 is 2.17 bits per heavy atom. The number of benzene rings is 6. The molecule has 0 radical (unpaired) electrons. The van der Waals surface area contributed by atoms with Crippen LogP contribution in [0.2, 0.25) is 0 Å². The molecule has 0 saturated carbocycles. The molecule has 0 amide bonds. The Bertz CT molecular complexity index is 2600. The van der Waals surface area contributed by atoms with Crippen LogP contribution < -0.4 is 9.47 Å². The normalized spacial score (nSPS) is 13.7. The van der Waals surface area contributed by atoms with Crippen molar-refractivity contribution >= 4 is 31.5 Å². The van der Waals surface area contributed by atoms with Gasteiger partial charge in [-0.15, -0.1) is 11.3 Å². The van der Waals surface area contributed by atoms with Crippen LogP contribution >= 0.6 is 11.3 Å². The van der Waals surface area contributed by atoms with Crippen molar-refractivity contribution in [2.75, 3.05) is 0 Å². The molecule has 0 fully saturated rings. The second-order valence-corrected chi connectivity index (χ2v) is 14.0. The van der Waals surface area contributed by atoms with Crippen LogP contribution in [0.15, 0.2) is 133 Å². The van der Waals surface area contributed by atoms with E-state index in [4.69, 9.17) is 19.4 Å². The van der Waals surface area contributed by atoms with Crippen molar-refractivity contribution in [3.63, 3.8) is 0 Å². The van der Waals surface area contributed by atoms with Gasteiger partial charge in [-0.3, -0.25) is 0 Å². The van der Waals surface area contributed by atoms with E-state index in [-0.39, 0.29) is 5.41 Å². The molecule has 0 N–H and O–H groups in total. The number of fused-ring (bicyclic) bond motifs is 9. The summed E-state index contributed by atoms with van der Waals surface area (Å²) >= 11 is 1.81. The smallest absolute Gasteiger partial charge is 0.179 e. The quantitative estimate of drug-likeness (QED) is 0.194.